The summed E-state index contributed by atoms with van der Waals surface area (Å²) in [6, 6.07) is 5.84. The Morgan fingerprint density at radius 2 is 2.20 bits per heavy atom. The maximum atomic E-state index is 13.1. The number of thioether (sulfide) groups is 1. The largest absolute Gasteiger partial charge is 0.383 e. The molecule has 0 spiro atoms. The van der Waals surface area contributed by atoms with Crippen LogP contribution in [0.15, 0.2) is 44.4 Å². The number of carbonyl (C=O) groups excluding carboxylic acids is 1. The fourth-order valence-corrected chi connectivity index (χ4v) is 5.08. The molecule has 2 aromatic rings. The van der Waals surface area contributed by atoms with Crippen LogP contribution in [-0.2, 0) is 16.1 Å². The average molecular weight is 492 g/mol. The number of benzene rings is 1. The molecule has 1 fully saturated rings. The molecular formula is C22H26BrN3O3S. The average Bonchev–Trinajstić information content (AvgIpc) is 3.58. The molecule has 160 valence electrons. The third kappa shape index (κ3) is 4.81. The van der Waals surface area contributed by atoms with Crippen molar-refractivity contribution in [3.8, 4) is 0 Å². The first-order valence-corrected chi connectivity index (χ1v) is 12.2. The van der Waals surface area contributed by atoms with Gasteiger partial charge in [-0.2, -0.15) is 0 Å². The number of rotatable bonds is 8. The molecule has 1 heterocycles. The Morgan fingerprint density at radius 1 is 1.37 bits per heavy atom. The van der Waals surface area contributed by atoms with Crippen LogP contribution in [0.2, 0.25) is 0 Å². The van der Waals surface area contributed by atoms with Gasteiger partial charge < -0.3 is 9.64 Å². The van der Waals surface area contributed by atoms with Crippen molar-refractivity contribution in [2.24, 2.45) is 0 Å². The molecule has 0 unspecified atom stereocenters. The van der Waals surface area contributed by atoms with Crippen LogP contribution in [0, 0.1) is 0 Å². The zero-order chi connectivity index (χ0) is 21.1. The van der Waals surface area contributed by atoms with Crippen LogP contribution in [0.4, 0.5) is 0 Å². The normalized spacial score (nSPS) is 16.5. The van der Waals surface area contributed by atoms with Crippen molar-refractivity contribution < 1.29 is 9.53 Å². The van der Waals surface area contributed by atoms with Crippen LogP contribution in [0.1, 0.15) is 38.5 Å². The number of methoxy groups -OCH3 is 1. The Hall–Kier alpha value is -1.64. The molecule has 0 N–H and O–H groups in total. The molecule has 0 saturated heterocycles. The van der Waals surface area contributed by atoms with E-state index in [0.29, 0.717) is 35.3 Å². The molecule has 2 aliphatic carbocycles. The van der Waals surface area contributed by atoms with Gasteiger partial charge in [0.1, 0.15) is 0 Å². The van der Waals surface area contributed by atoms with Gasteiger partial charge in [-0.3, -0.25) is 14.2 Å². The summed E-state index contributed by atoms with van der Waals surface area (Å²) in [6.45, 7) is 0.808. The number of hydrogen-bond acceptors (Lipinski definition) is 5. The highest BCUT2D eigenvalue weighted by Gasteiger charge is 2.35. The van der Waals surface area contributed by atoms with Gasteiger partial charge in [0.05, 0.1) is 29.8 Å². The van der Waals surface area contributed by atoms with E-state index < -0.39 is 0 Å². The maximum Gasteiger partial charge on any atom is 0.262 e. The highest BCUT2D eigenvalue weighted by Crippen LogP contribution is 2.34. The number of carbonyl (C=O) groups is 1. The van der Waals surface area contributed by atoms with Gasteiger partial charge in [0.2, 0.25) is 5.91 Å². The minimum absolute atomic E-state index is 0.109. The van der Waals surface area contributed by atoms with E-state index in [0.717, 1.165) is 36.6 Å². The molecule has 1 aromatic carbocycles. The SMILES string of the molecule is COCCn1c(SCC(=O)N(C2=CCCCC2)C2CC2)nc2ccc(Br)cc2c1=O. The molecule has 0 aliphatic heterocycles. The smallest absolute Gasteiger partial charge is 0.262 e. The van der Waals surface area contributed by atoms with Crippen molar-refractivity contribution in [1.29, 1.82) is 0 Å². The predicted octanol–water partition coefficient (Wildman–Crippen LogP) is 4.35. The van der Waals surface area contributed by atoms with Crippen LogP contribution >= 0.6 is 27.7 Å². The van der Waals surface area contributed by atoms with Crippen molar-refractivity contribution in [3.05, 3.63) is 44.8 Å². The van der Waals surface area contributed by atoms with E-state index in [-0.39, 0.29) is 17.2 Å². The number of hydrogen-bond donors (Lipinski definition) is 0. The van der Waals surface area contributed by atoms with Gasteiger partial charge in [0.25, 0.3) is 5.56 Å². The molecular weight excluding hydrogens is 466 g/mol. The molecule has 6 nitrogen and oxygen atoms in total. The summed E-state index contributed by atoms with van der Waals surface area (Å²) in [4.78, 5) is 32.9. The summed E-state index contributed by atoms with van der Waals surface area (Å²) in [5.74, 6) is 0.383. The fourth-order valence-electron chi connectivity index (χ4n) is 3.83. The molecule has 30 heavy (non-hydrogen) atoms. The summed E-state index contributed by atoms with van der Waals surface area (Å²) in [5.41, 5.74) is 1.71. The van der Waals surface area contributed by atoms with Gasteiger partial charge in [-0.25, -0.2) is 4.98 Å². The van der Waals surface area contributed by atoms with Gasteiger partial charge in [-0.1, -0.05) is 33.8 Å². The maximum absolute atomic E-state index is 13.1. The minimum Gasteiger partial charge on any atom is -0.383 e. The second-order valence-corrected chi connectivity index (χ2v) is 9.59. The number of allylic oxidation sites excluding steroid dienone is 2. The van der Waals surface area contributed by atoms with E-state index >= 15 is 0 Å². The van der Waals surface area contributed by atoms with E-state index in [4.69, 9.17) is 9.72 Å². The van der Waals surface area contributed by atoms with Gasteiger partial charge in [-0.05, 0) is 56.7 Å². The van der Waals surface area contributed by atoms with Gasteiger partial charge in [-0.15, -0.1) is 0 Å². The zero-order valence-corrected chi connectivity index (χ0v) is 19.5. The zero-order valence-electron chi connectivity index (χ0n) is 17.1. The van der Waals surface area contributed by atoms with Gasteiger partial charge in [0, 0.05) is 23.3 Å². The van der Waals surface area contributed by atoms with E-state index in [1.807, 2.05) is 17.0 Å². The minimum atomic E-state index is -0.109. The van der Waals surface area contributed by atoms with Crippen LogP contribution in [0.5, 0.6) is 0 Å². The Bertz CT molecular complexity index is 1030. The summed E-state index contributed by atoms with van der Waals surface area (Å²) < 4.78 is 7.65. The predicted molar refractivity (Wildman–Crippen MR) is 123 cm³/mol. The van der Waals surface area contributed by atoms with Crippen LogP contribution in [0.3, 0.4) is 0 Å². The Kier molecular flexibility index (Phi) is 6.95. The lowest BCUT2D eigenvalue weighted by Crippen LogP contribution is -2.34. The molecule has 0 atom stereocenters. The second kappa shape index (κ2) is 9.66. The van der Waals surface area contributed by atoms with Gasteiger partial charge >= 0.3 is 0 Å². The van der Waals surface area contributed by atoms with Crippen molar-refractivity contribution >= 4 is 44.5 Å². The third-order valence-corrected chi connectivity index (χ3v) is 6.94. The van der Waals surface area contributed by atoms with Crippen LogP contribution in [0.25, 0.3) is 10.9 Å². The monoisotopic (exact) mass is 491 g/mol. The number of ether oxygens (including phenoxy) is 1. The number of aromatic nitrogens is 2. The van der Waals surface area contributed by atoms with E-state index in [9.17, 15) is 9.59 Å². The van der Waals surface area contributed by atoms with Crippen molar-refractivity contribution in [3.63, 3.8) is 0 Å². The van der Waals surface area contributed by atoms with Crippen molar-refractivity contribution in [2.75, 3.05) is 19.5 Å². The molecule has 4 rings (SSSR count). The van der Waals surface area contributed by atoms with Gasteiger partial charge in [0.15, 0.2) is 5.16 Å². The van der Waals surface area contributed by atoms with E-state index in [1.54, 1.807) is 17.7 Å². The van der Waals surface area contributed by atoms with E-state index in [2.05, 4.69) is 22.0 Å². The van der Waals surface area contributed by atoms with Crippen LogP contribution < -0.4 is 5.56 Å². The fraction of sp³-hybridized carbons (Fsp3) is 0.500. The number of amides is 1. The summed E-state index contributed by atoms with van der Waals surface area (Å²) in [6.07, 6.45) is 8.77. The molecule has 2 aliphatic rings. The lowest BCUT2D eigenvalue weighted by atomic mass is 10.0. The quantitative estimate of drug-likeness (QED) is 0.405. The topological polar surface area (TPSA) is 64.4 Å². The van der Waals surface area contributed by atoms with E-state index in [1.165, 1.54) is 23.9 Å². The van der Waals surface area contributed by atoms with Crippen molar-refractivity contribution in [2.45, 2.75) is 56.3 Å². The molecule has 1 amide bonds. The number of halogens is 1. The lowest BCUT2D eigenvalue weighted by molar-refractivity contribution is -0.127. The summed E-state index contributed by atoms with van der Waals surface area (Å²) in [7, 11) is 1.61. The Labute approximate surface area is 188 Å². The summed E-state index contributed by atoms with van der Waals surface area (Å²) >= 11 is 4.77. The standard InChI is InChI=1S/C22H26BrN3O3S/c1-29-12-11-25-21(28)18-13-15(23)7-10-19(18)24-22(25)30-14-20(27)26(17-8-9-17)16-5-3-2-4-6-16/h5,7,10,13,17H,2-4,6,8-9,11-12,14H2,1H3. The Morgan fingerprint density at radius 3 is 2.90 bits per heavy atom. The van der Waals surface area contributed by atoms with Crippen molar-refractivity contribution in [1.82, 2.24) is 14.5 Å². The highest BCUT2D eigenvalue weighted by atomic mass is 79.9. The third-order valence-electron chi connectivity index (χ3n) is 5.48. The molecule has 8 heteroatoms. The molecule has 1 saturated carbocycles. The first-order chi connectivity index (χ1) is 14.6. The molecule has 0 radical (unpaired) electrons. The first-order valence-electron chi connectivity index (χ1n) is 10.4. The highest BCUT2D eigenvalue weighted by molar-refractivity contribution is 9.10. The molecule has 1 aromatic heterocycles. The number of fused-ring (bicyclic) bond motifs is 1. The Balaban J connectivity index is 1.59. The summed E-state index contributed by atoms with van der Waals surface area (Å²) in [5, 5.41) is 1.12. The lowest BCUT2D eigenvalue weighted by Gasteiger charge is -2.27. The molecule has 0 bridgehead atoms. The first kappa shape index (κ1) is 21.6. The van der Waals surface area contributed by atoms with Crippen LogP contribution in [-0.4, -0.2) is 45.9 Å². The number of nitrogens with zero attached hydrogens (tertiary/aromatic N) is 3. The second-order valence-electron chi connectivity index (χ2n) is 7.73.